The first-order valence-electron chi connectivity index (χ1n) is 22.8. The molecule has 7 rings (SSSR count). The molecule has 0 unspecified atom stereocenters. The van der Waals surface area contributed by atoms with Crippen molar-refractivity contribution in [2.75, 3.05) is 13.3 Å². The Labute approximate surface area is 394 Å². The van der Waals surface area contributed by atoms with Gasteiger partial charge in [-0.3, -0.25) is 4.79 Å². The number of aryl methyl sites for hydroxylation is 9. The van der Waals surface area contributed by atoms with E-state index in [-0.39, 0.29) is 15.6 Å². The van der Waals surface area contributed by atoms with Gasteiger partial charge in [-0.2, -0.15) is 0 Å². The minimum atomic E-state index is -3.74. The smallest absolute Gasteiger partial charge is 0.206 e. The minimum absolute atomic E-state index is 0.00984. The summed E-state index contributed by atoms with van der Waals surface area (Å²) >= 11 is 0. The summed E-state index contributed by atoms with van der Waals surface area (Å²) in [6, 6.07) is 43.5. The molecule has 0 fully saturated rings. The van der Waals surface area contributed by atoms with Crippen LogP contribution < -0.4 is 25.4 Å². The molecule has 0 radical (unpaired) electrons. The lowest BCUT2D eigenvalue weighted by Crippen LogP contribution is -2.39. The molecular weight excluding hydrogens is 852 g/mol. The quantitative estimate of drug-likeness (QED) is 0.0757. The van der Waals surface area contributed by atoms with Gasteiger partial charge in [-0.1, -0.05) is 103 Å². The molecule has 7 aromatic rings. The van der Waals surface area contributed by atoms with E-state index in [1.807, 2.05) is 37.3 Å². The Morgan fingerprint density at radius 1 is 0.530 bits per heavy atom. The first-order chi connectivity index (χ1) is 31.3. The van der Waals surface area contributed by atoms with Crippen LogP contribution in [-0.4, -0.2) is 27.5 Å². The number of ketones is 1. The van der Waals surface area contributed by atoms with Crippen molar-refractivity contribution in [2.24, 2.45) is 0 Å². The van der Waals surface area contributed by atoms with Crippen molar-refractivity contribution in [1.29, 1.82) is 0 Å². The van der Waals surface area contributed by atoms with Gasteiger partial charge in [0.1, 0.15) is 40.4 Å². The number of carbonyl (C=O) groups excluding carboxylic acids is 1. The fraction of sp³-hybridized carbons (Fsp3) is 0.271. The van der Waals surface area contributed by atoms with Crippen molar-refractivity contribution in [1.82, 2.24) is 0 Å². The Kier molecular flexibility index (Phi) is 14.0. The van der Waals surface area contributed by atoms with E-state index in [9.17, 15) is 8.42 Å². The second-order valence-electron chi connectivity index (χ2n) is 18.8. The van der Waals surface area contributed by atoms with Gasteiger partial charge < -0.3 is 9.47 Å². The highest BCUT2D eigenvalue weighted by atomic mass is 32.2. The molecule has 0 bridgehead atoms. The first kappa shape index (κ1) is 48.1. The maximum Gasteiger partial charge on any atom is 0.206 e. The van der Waals surface area contributed by atoms with Crippen molar-refractivity contribution >= 4 is 38.8 Å². The van der Waals surface area contributed by atoms with Crippen molar-refractivity contribution in [3.8, 4) is 17.2 Å². The van der Waals surface area contributed by atoms with Crippen molar-refractivity contribution < 1.29 is 22.7 Å². The van der Waals surface area contributed by atoms with Gasteiger partial charge >= 0.3 is 0 Å². The van der Waals surface area contributed by atoms with E-state index < -0.39 is 22.5 Å². The molecule has 7 heteroatoms. The predicted octanol–water partition coefficient (Wildman–Crippen LogP) is 13.4. The molecular formula is C59H64O5PS+. The Morgan fingerprint density at radius 2 is 1.00 bits per heavy atom. The maximum atomic E-state index is 15.1. The number of hydrogen-bond acceptors (Lipinski definition) is 5. The average molecular weight is 916 g/mol. The molecule has 7 aromatic carbocycles. The van der Waals surface area contributed by atoms with Crippen LogP contribution in [0.15, 0.2) is 143 Å². The Hall–Kier alpha value is -5.81. The summed E-state index contributed by atoms with van der Waals surface area (Å²) < 4.78 is 39.1. The molecule has 0 N–H and O–H groups in total. The van der Waals surface area contributed by atoms with Gasteiger partial charge in [-0.25, -0.2) is 8.42 Å². The van der Waals surface area contributed by atoms with Crippen LogP contribution in [0.25, 0.3) is 0 Å². The molecule has 0 saturated carbocycles. The molecule has 0 aliphatic heterocycles. The van der Waals surface area contributed by atoms with E-state index in [4.69, 9.17) is 9.47 Å². The molecule has 0 aromatic heterocycles. The molecule has 5 nitrogen and oxygen atoms in total. The van der Waals surface area contributed by atoms with Crippen molar-refractivity contribution in [2.45, 2.75) is 104 Å². The lowest BCUT2D eigenvalue weighted by Gasteiger charge is -2.34. The number of benzene rings is 7. The normalized spacial score (nSPS) is 12.0. The minimum Gasteiger partial charge on any atom is -0.497 e. The number of hydrogen-bond donors (Lipinski definition) is 0. The summed E-state index contributed by atoms with van der Waals surface area (Å²) in [4.78, 5) is 15.5. The van der Waals surface area contributed by atoms with Crippen LogP contribution in [0, 0.1) is 62.3 Å². The summed E-state index contributed by atoms with van der Waals surface area (Å²) in [7, 11) is -4.46. The number of methoxy groups -OCH3 is 1. The number of Topliss-reactive ketones (excluding diaryl/α,β-unsaturated/α-hetero) is 1. The van der Waals surface area contributed by atoms with Gasteiger partial charge in [0, 0.05) is 11.8 Å². The monoisotopic (exact) mass is 915 g/mol. The lowest BCUT2D eigenvalue weighted by molar-refractivity contribution is 0.0979. The van der Waals surface area contributed by atoms with E-state index in [1.165, 1.54) is 60.4 Å². The van der Waals surface area contributed by atoms with Gasteiger partial charge in [-0.05, 0) is 174 Å². The van der Waals surface area contributed by atoms with E-state index in [0.29, 0.717) is 29.9 Å². The summed E-state index contributed by atoms with van der Waals surface area (Å²) in [5.41, 5.74) is 13.2. The van der Waals surface area contributed by atoms with E-state index in [0.717, 1.165) is 28.6 Å². The van der Waals surface area contributed by atoms with Gasteiger partial charge in [0.25, 0.3) is 0 Å². The van der Waals surface area contributed by atoms with Gasteiger partial charge in [-0.15, -0.1) is 0 Å². The molecule has 0 spiro atoms. The molecule has 66 heavy (non-hydrogen) atoms. The Morgan fingerprint density at radius 3 is 1.52 bits per heavy atom. The molecule has 0 aliphatic carbocycles. The second-order valence-corrected chi connectivity index (χ2v) is 24.2. The standard InChI is InChI=1S/C59H64O5PS/c1-38-15-25-51(26-16-38)66(61,62)52-27-23-50(24-28-52)64-55-29-20-48(59(10,11)47-18-21-49(63-12)22-19-47)37-53(55)54(60)14-13-31-65(56-30-17-39(2)32-42(56)5,57-43(6)33-40(3)34-44(57)7)58-45(8)35-41(4)36-46(58)9/h15-30,32-37H,13-14,31H2,1-12H3/q+1. The molecule has 0 atom stereocenters. The third-order valence-electron chi connectivity index (χ3n) is 13.2. The molecule has 0 amide bonds. The topological polar surface area (TPSA) is 69.7 Å². The first-order valence-corrected chi connectivity index (χ1v) is 26.3. The summed E-state index contributed by atoms with van der Waals surface area (Å²) in [5.74, 6) is 1.63. The fourth-order valence-corrected chi connectivity index (χ4v) is 17.1. The van der Waals surface area contributed by atoms with Gasteiger partial charge in [0.15, 0.2) is 5.78 Å². The summed E-state index contributed by atoms with van der Waals surface area (Å²) in [6.07, 6.45) is 1.76. The predicted molar refractivity (Wildman–Crippen MR) is 276 cm³/mol. The third-order valence-corrected chi connectivity index (χ3v) is 20.2. The lowest BCUT2D eigenvalue weighted by atomic mass is 9.77. The molecule has 0 aliphatic rings. The van der Waals surface area contributed by atoms with Crippen LogP contribution >= 0.6 is 7.26 Å². The number of rotatable bonds is 15. The highest BCUT2D eigenvalue weighted by Crippen LogP contribution is 2.59. The molecule has 0 heterocycles. The maximum absolute atomic E-state index is 15.1. The number of ether oxygens (including phenoxy) is 2. The Bertz CT molecular complexity index is 2930. The van der Waals surface area contributed by atoms with Crippen LogP contribution in [0.1, 0.15) is 98.2 Å². The van der Waals surface area contributed by atoms with Crippen molar-refractivity contribution in [3.05, 3.63) is 200 Å². The number of carbonyl (C=O) groups is 1. The second kappa shape index (κ2) is 19.2. The number of sulfone groups is 1. The van der Waals surface area contributed by atoms with Crippen LogP contribution in [-0.2, 0) is 15.3 Å². The largest absolute Gasteiger partial charge is 0.497 e. The molecule has 340 valence electrons. The zero-order valence-corrected chi connectivity index (χ0v) is 42.4. The van der Waals surface area contributed by atoms with E-state index in [1.54, 1.807) is 55.6 Å². The van der Waals surface area contributed by atoms with Crippen LogP contribution in [0.2, 0.25) is 0 Å². The van der Waals surface area contributed by atoms with Crippen molar-refractivity contribution in [3.63, 3.8) is 0 Å². The highest BCUT2D eigenvalue weighted by Gasteiger charge is 2.50. The van der Waals surface area contributed by atoms with Crippen LogP contribution in [0.3, 0.4) is 0 Å². The third kappa shape index (κ3) is 9.55. The van der Waals surface area contributed by atoms with Gasteiger partial charge in [0.05, 0.1) is 28.6 Å². The highest BCUT2D eigenvalue weighted by molar-refractivity contribution is 7.96. The zero-order valence-electron chi connectivity index (χ0n) is 40.7. The molecule has 0 saturated heterocycles. The van der Waals surface area contributed by atoms with E-state index in [2.05, 4.69) is 124 Å². The SMILES string of the molecule is COc1ccc(C(C)(C)c2ccc(Oc3ccc(S(=O)(=O)c4ccc(C)cc4)cc3)c(C(=O)CCC[P+](c3ccc(C)cc3C)(c3c(C)cc(C)cc3C)c3c(C)cc(C)cc3C)c2)cc1. The average Bonchev–Trinajstić information content (AvgIpc) is 3.26. The fourth-order valence-electron chi connectivity index (χ4n) is 10.2. The van der Waals surface area contributed by atoms with Crippen LogP contribution in [0.5, 0.6) is 17.2 Å². The summed E-state index contributed by atoms with van der Waals surface area (Å²) in [5, 5.41) is 4.18. The summed E-state index contributed by atoms with van der Waals surface area (Å²) in [6.45, 7) is 24.1. The zero-order chi connectivity index (χ0) is 47.7. The van der Waals surface area contributed by atoms with Crippen LogP contribution in [0.4, 0.5) is 0 Å². The van der Waals surface area contributed by atoms with E-state index >= 15 is 4.79 Å². The Balaban J connectivity index is 1.31. The van der Waals surface area contributed by atoms with Gasteiger partial charge in [0.2, 0.25) is 9.84 Å².